The van der Waals surface area contributed by atoms with Crippen molar-refractivity contribution in [1.29, 1.82) is 0 Å². The molecular formula is C9H10FNS. The van der Waals surface area contributed by atoms with Crippen LogP contribution < -0.4 is 0 Å². The SMILES string of the molecule is Cc1ccc2sc(C)nc2c1.F. The van der Waals surface area contributed by atoms with E-state index in [0.29, 0.717) is 0 Å². The number of aryl methyl sites for hydroxylation is 2. The van der Waals surface area contributed by atoms with Crippen LogP contribution in [0.5, 0.6) is 0 Å². The molecule has 1 heterocycles. The topological polar surface area (TPSA) is 12.9 Å². The van der Waals surface area contributed by atoms with Gasteiger partial charge in [0.25, 0.3) is 0 Å². The Morgan fingerprint density at radius 1 is 1.25 bits per heavy atom. The monoisotopic (exact) mass is 183 g/mol. The van der Waals surface area contributed by atoms with Crippen LogP contribution in [0.2, 0.25) is 0 Å². The van der Waals surface area contributed by atoms with E-state index in [1.54, 1.807) is 11.3 Å². The smallest absolute Gasteiger partial charge is 0.0907 e. The predicted molar refractivity (Wildman–Crippen MR) is 51.6 cm³/mol. The lowest BCUT2D eigenvalue weighted by Gasteiger charge is -1.88. The Morgan fingerprint density at radius 2 is 2.00 bits per heavy atom. The van der Waals surface area contributed by atoms with Gasteiger partial charge in [0.15, 0.2) is 0 Å². The predicted octanol–water partition coefficient (Wildman–Crippen LogP) is 3.07. The molecule has 0 aliphatic carbocycles. The average molecular weight is 183 g/mol. The molecule has 1 aromatic carbocycles. The second-order valence-electron chi connectivity index (χ2n) is 2.70. The van der Waals surface area contributed by atoms with Gasteiger partial charge in [-0.25, -0.2) is 4.98 Å². The first-order valence-electron chi connectivity index (χ1n) is 3.59. The molecule has 1 nitrogen and oxygen atoms in total. The molecule has 1 aromatic heterocycles. The zero-order chi connectivity index (χ0) is 7.84. The van der Waals surface area contributed by atoms with E-state index in [2.05, 4.69) is 30.1 Å². The van der Waals surface area contributed by atoms with Gasteiger partial charge < -0.3 is 0 Å². The molecule has 0 atom stereocenters. The minimum atomic E-state index is 0. The summed E-state index contributed by atoms with van der Waals surface area (Å²) < 4.78 is 1.29. The molecule has 0 saturated heterocycles. The Bertz CT molecular complexity index is 394. The van der Waals surface area contributed by atoms with Crippen LogP contribution in [0.25, 0.3) is 10.2 Å². The summed E-state index contributed by atoms with van der Waals surface area (Å²) in [5.41, 5.74) is 2.41. The maximum absolute atomic E-state index is 4.39. The van der Waals surface area contributed by atoms with Crippen LogP contribution in [0.1, 0.15) is 10.6 Å². The van der Waals surface area contributed by atoms with Crippen LogP contribution in [0, 0.1) is 13.8 Å². The normalized spacial score (nSPS) is 9.83. The highest BCUT2D eigenvalue weighted by molar-refractivity contribution is 7.18. The Balaban J connectivity index is 0.000000720. The summed E-state index contributed by atoms with van der Waals surface area (Å²) in [7, 11) is 0. The molecule has 0 N–H and O–H groups in total. The van der Waals surface area contributed by atoms with Gasteiger partial charge >= 0.3 is 0 Å². The zero-order valence-electron chi connectivity index (χ0n) is 7.00. The van der Waals surface area contributed by atoms with Gasteiger partial charge in [0, 0.05) is 0 Å². The van der Waals surface area contributed by atoms with Gasteiger partial charge in [-0.1, -0.05) is 6.07 Å². The number of thiazole rings is 1. The summed E-state index contributed by atoms with van der Waals surface area (Å²) in [6, 6.07) is 6.38. The molecule has 3 heteroatoms. The summed E-state index contributed by atoms with van der Waals surface area (Å²) in [5.74, 6) is 0. The summed E-state index contributed by atoms with van der Waals surface area (Å²) in [6.45, 7) is 4.13. The van der Waals surface area contributed by atoms with E-state index in [4.69, 9.17) is 0 Å². The molecule has 0 fully saturated rings. The minimum Gasteiger partial charge on any atom is -0.269 e. The molecular weight excluding hydrogens is 173 g/mol. The summed E-state index contributed by atoms with van der Waals surface area (Å²) in [5, 5.41) is 1.14. The molecule has 0 radical (unpaired) electrons. The first kappa shape index (κ1) is 9.13. The molecule has 64 valence electrons. The number of fused-ring (bicyclic) bond motifs is 1. The summed E-state index contributed by atoms with van der Waals surface area (Å²) in [6.07, 6.45) is 0. The van der Waals surface area contributed by atoms with Crippen molar-refractivity contribution in [3.63, 3.8) is 0 Å². The molecule has 12 heavy (non-hydrogen) atoms. The first-order valence-corrected chi connectivity index (χ1v) is 4.41. The van der Waals surface area contributed by atoms with Crippen LogP contribution in [-0.2, 0) is 0 Å². The van der Waals surface area contributed by atoms with Crippen LogP contribution >= 0.6 is 11.3 Å². The lowest BCUT2D eigenvalue weighted by Crippen LogP contribution is -1.71. The summed E-state index contributed by atoms with van der Waals surface area (Å²) >= 11 is 1.75. The van der Waals surface area contributed by atoms with Crippen molar-refractivity contribution in [2.45, 2.75) is 13.8 Å². The number of hydrogen-bond acceptors (Lipinski definition) is 2. The Hall–Kier alpha value is -0.960. The molecule has 2 rings (SSSR count). The minimum absolute atomic E-state index is 0. The lowest BCUT2D eigenvalue weighted by atomic mass is 10.2. The van der Waals surface area contributed by atoms with Gasteiger partial charge in [-0.05, 0) is 31.5 Å². The fraction of sp³-hybridized carbons (Fsp3) is 0.222. The average Bonchev–Trinajstić information content (AvgIpc) is 2.27. The fourth-order valence-electron chi connectivity index (χ4n) is 1.15. The van der Waals surface area contributed by atoms with Gasteiger partial charge in [-0.2, -0.15) is 0 Å². The highest BCUT2D eigenvalue weighted by atomic mass is 32.1. The highest BCUT2D eigenvalue weighted by Gasteiger charge is 1.98. The molecule has 0 bridgehead atoms. The number of aromatic nitrogens is 1. The van der Waals surface area contributed by atoms with Gasteiger partial charge in [0.05, 0.1) is 15.2 Å². The van der Waals surface area contributed by atoms with Crippen LogP contribution in [-0.4, -0.2) is 4.98 Å². The van der Waals surface area contributed by atoms with Crippen molar-refractivity contribution >= 4 is 21.6 Å². The zero-order valence-corrected chi connectivity index (χ0v) is 7.81. The van der Waals surface area contributed by atoms with E-state index >= 15 is 0 Å². The third-order valence-corrected chi connectivity index (χ3v) is 2.60. The molecule has 0 spiro atoms. The van der Waals surface area contributed by atoms with E-state index in [-0.39, 0.29) is 4.70 Å². The van der Waals surface area contributed by atoms with Gasteiger partial charge in [-0.15, -0.1) is 11.3 Å². The fourth-order valence-corrected chi connectivity index (χ4v) is 1.96. The molecule has 0 saturated carbocycles. The van der Waals surface area contributed by atoms with Gasteiger partial charge in [0.1, 0.15) is 0 Å². The number of hydrogen-bond donors (Lipinski definition) is 0. The lowest BCUT2D eigenvalue weighted by molar-refractivity contribution is 1.11. The quantitative estimate of drug-likeness (QED) is 0.611. The van der Waals surface area contributed by atoms with Crippen LogP contribution in [0.4, 0.5) is 4.70 Å². The molecule has 2 aromatic rings. The number of halogens is 1. The second-order valence-corrected chi connectivity index (χ2v) is 3.94. The maximum Gasteiger partial charge on any atom is 0.0907 e. The highest BCUT2D eigenvalue weighted by Crippen LogP contribution is 2.21. The standard InChI is InChI=1S/C9H9NS.FH/c1-6-3-4-9-8(5-6)10-7(2)11-9;/h3-5H,1-2H3;1H. The van der Waals surface area contributed by atoms with E-state index in [9.17, 15) is 0 Å². The maximum atomic E-state index is 4.39. The Kier molecular flexibility index (Phi) is 2.43. The third kappa shape index (κ3) is 1.46. The molecule has 0 amide bonds. The van der Waals surface area contributed by atoms with Crippen molar-refractivity contribution in [2.24, 2.45) is 0 Å². The van der Waals surface area contributed by atoms with Crippen LogP contribution in [0.15, 0.2) is 18.2 Å². The Labute approximate surface area is 74.4 Å². The Morgan fingerprint density at radius 3 is 2.75 bits per heavy atom. The number of nitrogens with zero attached hydrogens (tertiary/aromatic N) is 1. The summed E-state index contributed by atoms with van der Waals surface area (Å²) in [4.78, 5) is 4.39. The van der Waals surface area contributed by atoms with Crippen molar-refractivity contribution in [3.8, 4) is 0 Å². The largest absolute Gasteiger partial charge is 0.269 e. The first-order chi connectivity index (χ1) is 5.25. The van der Waals surface area contributed by atoms with Gasteiger partial charge in [-0.3, -0.25) is 4.70 Å². The third-order valence-electron chi connectivity index (χ3n) is 1.65. The van der Waals surface area contributed by atoms with Crippen molar-refractivity contribution in [3.05, 3.63) is 28.8 Å². The van der Waals surface area contributed by atoms with Crippen molar-refractivity contribution in [2.75, 3.05) is 0 Å². The van der Waals surface area contributed by atoms with Crippen LogP contribution in [0.3, 0.4) is 0 Å². The molecule has 0 aliphatic heterocycles. The number of rotatable bonds is 0. The molecule has 0 aliphatic rings. The molecule has 0 unspecified atom stereocenters. The van der Waals surface area contributed by atoms with Crippen molar-refractivity contribution in [1.82, 2.24) is 4.98 Å². The van der Waals surface area contributed by atoms with Gasteiger partial charge in [0.2, 0.25) is 0 Å². The second kappa shape index (κ2) is 3.19. The van der Waals surface area contributed by atoms with E-state index in [1.165, 1.54) is 10.3 Å². The number of benzene rings is 1. The van der Waals surface area contributed by atoms with E-state index in [1.807, 2.05) is 6.92 Å². The van der Waals surface area contributed by atoms with E-state index < -0.39 is 0 Å². The van der Waals surface area contributed by atoms with E-state index in [0.717, 1.165) is 10.5 Å². The van der Waals surface area contributed by atoms with Crippen molar-refractivity contribution < 1.29 is 4.70 Å².